The average molecular weight is 283 g/mol. The minimum absolute atomic E-state index is 0.0760. The van der Waals surface area contributed by atoms with Crippen LogP contribution in [0.4, 0.5) is 5.82 Å². The van der Waals surface area contributed by atoms with Crippen LogP contribution in [0.2, 0.25) is 0 Å². The van der Waals surface area contributed by atoms with Crippen LogP contribution in [0, 0.1) is 5.92 Å². The fourth-order valence-electron chi connectivity index (χ4n) is 3.24. The number of aromatic nitrogens is 2. The Kier molecular flexibility index (Phi) is 2.71. The van der Waals surface area contributed by atoms with E-state index in [-0.39, 0.29) is 12.2 Å². The smallest absolute Gasteiger partial charge is 0.351 e. The summed E-state index contributed by atoms with van der Waals surface area (Å²) in [5.41, 5.74) is 2.26. The molecule has 1 aromatic heterocycles. The van der Waals surface area contributed by atoms with Crippen LogP contribution in [0.25, 0.3) is 0 Å². The molecule has 2 fully saturated rings. The zero-order valence-electron chi connectivity index (χ0n) is 10.9. The molecule has 0 aromatic carbocycles. The van der Waals surface area contributed by atoms with Gasteiger partial charge in [-0.15, -0.1) is 0 Å². The molecule has 0 amide bonds. The Morgan fingerprint density at radius 2 is 2.20 bits per heavy atom. The number of anilines is 1. The van der Waals surface area contributed by atoms with Gasteiger partial charge < -0.3 is 25.8 Å². The highest BCUT2D eigenvalue weighted by molar-refractivity contribution is 5.27. The number of aliphatic hydroxyl groups excluding tert-OH is 3. The summed E-state index contributed by atoms with van der Waals surface area (Å²) < 4.78 is 6.94. The molecule has 0 bridgehead atoms. The Labute approximate surface area is 114 Å². The van der Waals surface area contributed by atoms with Gasteiger partial charge in [0.2, 0.25) is 0 Å². The minimum Gasteiger partial charge on any atom is -0.393 e. The van der Waals surface area contributed by atoms with Gasteiger partial charge >= 0.3 is 5.69 Å². The Morgan fingerprint density at radius 1 is 1.50 bits per heavy atom. The number of aliphatic hydroxyl groups is 3. The van der Waals surface area contributed by atoms with Gasteiger partial charge in [-0.2, -0.15) is 4.98 Å². The number of hydrogen-bond acceptors (Lipinski definition) is 7. The van der Waals surface area contributed by atoms with E-state index < -0.39 is 41.7 Å². The van der Waals surface area contributed by atoms with Crippen LogP contribution >= 0.6 is 0 Å². The van der Waals surface area contributed by atoms with Crippen LogP contribution in [-0.2, 0) is 10.5 Å². The van der Waals surface area contributed by atoms with Crippen molar-refractivity contribution in [3.8, 4) is 0 Å². The molecule has 0 spiro atoms. The van der Waals surface area contributed by atoms with E-state index in [1.54, 1.807) is 6.92 Å². The van der Waals surface area contributed by atoms with Crippen LogP contribution < -0.4 is 11.4 Å². The largest absolute Gasteiger partial charge is 0.393 e. The molecule has 1 aliphatic carbocycles. The number of hydrogen-bond donors (Lipinski definition) is 4. The lowest BCUT2D eigenvalue weighted by Gasteiger charge is -2.36. The minimum atomic E-state index is -1.34. The van der Waals surface area contributed by atoms with Gasteiger partial charge in [0.15, 0.2) is 5.72 Å². The van der Waals surface area contributed by atoms with Gasteiger partial charge in [0.1, 0.15) is 17.5 Å². The summed E-state index contributed by atoms with van der Waals surface area (Å²) in [5.74, 6) is -0.538. The molecule has 1 aliphatic heterocycles. The standard InChI is InChI=1S/C12H17N3O5/c1-2-12(15-4-3-6(13)14-10(15)19)9(18)7-8(17)11(7,5-16)20-12/h3-4,7-9,16-18H,2,5H2,1H3,(H2,13,14,19)/t7?,8-,9?,11-,12?/m1/s1. The van der Waals surface area contributed by atoms with Crippen LogP contribution in [0.15, 0.2) is 17.1 Å². The molecular weight excluding hydrogens is 266 g/mol. The third-order valence-electron chi connectivity index (χ3n) is 4.45. The van der Waals surface area contributed by atoms with Crippen molar-refractivity contribution in [1.82, 2.24) is 9.55 Å². The van der Waals surface area contributed by atoms with E-state index in [9.17, 15) is 20.1 Å². The third-order valence-corrected chi connectivity index (χ3v) is 4.45. The lowest BCUT2D eigenvalue weighted by Crippen LogP contribution is -2.52. The molecule has 1 aromatic rings. The zero-order chi connectivity index (χ0) is 14.7. The summed E-state index contributed by atoms with van der Waals surface area (Å²) in [7, 11) is 0. The van der Waals surface area contributed by atoms with E-state index >= 15 is 0 Å². The van der Waals surface area contributed by atoms with Crippen molar-refractivity contribution in [2.75, 3.05) is 12.3 Å². The predicted molar refractivity (Wildman–Crippen MR) is 67.6 cm³/mol. The van der Waals surface area contributed by atoms with E-state index in [1.165, 1.54) is 16.8 Å². The highest BCUT2D eigenvalue weighted by atomic mass is 16.6. The van der Waals surface area contributed by atoms with Gasteiger partial charge in [-0.3, -0.25) is 4.57 Å². The Balaban J connectivity index is 2.08. The second kappa shape index (κ2) is 4.01. The molecule has 110 valence electrons. The fraction of sp³-hybridized carbons (Fsp3) is 0.667. The Bertz CT molecular complexity index is 605. The number of rotatable bonds is 3. The van der Waals surface area contributed by atoms with E-state index in [2.05, 4.69) is 4.98 Å². The molecule has 5 atom stereocenters. The van der Waals surface area contributed by atoms with Gasteiger partial charge in [-0.1, -0.05) is 6.92 Å². The average Bonchev–Trinajstić information content (AvgIpc) is 2.88. The second-order valence-corrected chi connectivity index (χ2v) is 5.33. The molecule has 3 rings (SSSR count). The maximum atomic E-state index is 12.0. The van der Waals surface area contributed by atoms with E-state index in [0.29, 0.717) is 0 Å². The molecule has 3 unspecified atom stereocenters. The van der Waals surface area contributed by atoms with Crippen molar-refractivity contribution in [2.45, 2.75) is 36.9 Å². The topological polar surface area (TPSA) is 131 Å². The monoisotopic (exact) mass is 283 g/mol. The van der Waals surface area contributed by atoms with Crippen LogP contribution in [0.1, 0.15) is 13.3 Å². The molecule has 2 aliphatic rings. The molecular formula is C12H17N3O5. The van der Waals surface area contributed by atoms with Crippen LogP contribution in [0.5, 0.6) is 0 Å². The first-order chi connectivity index (χ1) is 9.43. The number of nitrogens with two attached hydrogens (primary N) is 1. The highest BCUT2D eigenvalue weighted by Crippen LogP contribution is 2.61. The Morgan fingerprint density at radius 3 is 2.70 bits per heavy atom. The molecule has 2 heterocycles. The molecule has 1 saturated heterocycles. The van der Waals surface area contributed by atoms with Crippen molar-refractivity contribution in [3.05, 3.63) is 22.7 Å². The SMILES string of the molecule is CCC1(n2ccc(N)nc2=O)O[C@]2(CO)C(C1O)[C@H]2O. The summed E-state index contributed by atoms with van der Waals surface area (Å²) >= 11 is 0. The van der Waals surface area contributed by atoms with Gasteiger partial charge in [0.25, 0.3) is 0 Å². The molecule has 20 heavy (non-hydrogen) atoms. The van der Waals surface area contributed by atoms with Gasteiger partial charge in [0.05, 0.1) is 18.6 Å². The number of nitrogens with zero attached hydrogens (tertiary/aromatic N) is 2. The molecule has 8 nitrogen and oxygen atoms in total. The molecule has 1 saturated carbocycles. The summed E-state index contributed by atoms with van der Waals surface area (Å²) in [6.07, 6.45) is -0.359. The number of nitrogen functional groups attached to an aromatic ring is 1. The molecule has 5 N–H and O–H groups in total. The van der Waals surface area contributed by atoms with Gasteiger partial charge in [-0.25, -0.2) is 4.79 Å². The van der Waals surface area contributed by atoms with Crippen molar-refractivity contribution in [3.63, 3.8) is 0 Å². The second-order valence-electron chi connectivity index (χ2n) is 5.33. The van der Waals surface area contributed by atoms with Crippen LogP contribution in [0.3, 0.4) is 0 Å². The first-order valence-corrected chi connectivity index (χ1v) is 6.46. The Hall–Kier alpha value is -1.48. The van der Waals surface area contributed by atoms with E-state index in [1.807, 2.05) is 0 Å². The zero-order valence-corrected chi connectivity index (χ0v) is 10.9. The quantitative estimate of drug-likeness (QED) is 0.504. The molecule has 8 heteroatoms. The van der Waals surface area contributed by atoms with E-state index in [4.69, 9.17) is 10.5 Å². The van der Waals surface area contributed by atoms with Crippen LogP contribution in [-0.4, -0.2) is 49.3 Å². The summed E-state index contributed by atoms with van der Waals surface area (Å²) in [6, 6.07) is 1.43. The number of ether oxygens (including phenoxy) is 1. The third kappa shape index (κ3) is 1.39. The lowest BCUT2D eigenvalue weighted by atomic mass is 10.00. The fourth-order valence-corrected chi connectivity index (χ4v) is 3.24. The van der Waals surface area contributed by atoms with Crippen molar-refractivity contribution < 1.29 is 20.1 Å². The summed E-state index contributed by atoms with van der Waals surface area (Å²) in [5, 5.41) is 29.7. The lowest BCUT2D eigenvalue weighted by molar-refractivity contribution is -0.200. The van der Waals surface area contributed by atoms with Gasteiger partial charge in [0, 0.05) is 6.20 Å². The normalized spacial score (nSPS) is 42.5. The predicted octanol–water partition coefficient (Wildman–Crippen LogP) is -2.00. The first-order valence-electron chi connectivity index (χ1n) is 6.46. The maximum absolute atomic E-state index is 12.0. The first kappa shape index (κ1) is 13.5. The number of fused-ring (bicyclic) bond motifs is 1. The highest BCUT2D eigenvalue weighted by Gasteiger charge is 2.79. The van der Waals surface area contributed by atoms with Crippen molar-refractivity contribution in [1.29, 1.82) is 0 Å². The van der Waals surface area contributed by atoms with Crippen molar-refractivity contribution in [2.24, 2.45) is 5.92 Å². The van der Waals surface area contributed by atoms with Crippen molar-refractivity contribution >= 4 is 5.82 Å². The van der Waals surface area contributed by atoms with E-state index in [0.717, 1.165) is 0 Å². The van der Waals surface area contributed by atoms with Gasteiger partial charge in [-0.05, 0) is 12.5 Å². The summed E-state index contributed by atoms with van der Waals surface area (Å²) in [4.78, 5) is 15.6. The molecule has 0 radical (unpaired) electrons. The maximum Gasteiger partial charge on any atom is 0.351 e. The summed E-state index contributed by atoms with van der Waals surface area (Å²) in [6.45, 7) is 1.32.